The second-order valence-corrected chi connectivity index (χ2v) is 2.75. The van der Waals surface area contributed by atoms with E-state index in [1.165, 1.54) is 0 Å². The number of carbonyl (C=O) groups excluding carboxylic acids is 1. The molecule has 2 N–H and O–H groups in total. The van der Waals surface area contributed by atoms with Gasteiger partial charge in [0.15, 0.2) is 0 Å². The fraction of sp³-hybridized carbons (Fsp3) is 0.200. The van der Waals surface area contributed by atoms with Gasteiger partial charge in [0.1, 0.15) is 0 Å². The third kappa shape index (κ3) is 2.87. The molecule has 0 saturated carbocycles. The highest BCUT2D eigenvalue weighted by molar-refractivity contribution is 5.93. The molecule has 0 atom stereocenters. The molecule has 1 amide bonds. The zero-order valence-electron chi connectivity index (χ0n) is 7.79. The van der Waals surface area contributed by atoms with Crippen molar-refractivity contribution >= 4 is 5.91 Å². The van der Waals surface area contributed by atoms with Crippen LogP contribution in [0.25, 0.3) is 0 Å². The summed E-state index contributed by atoms with van der Waals surface area (Å²) in [6.07, 6.45) is 0. The highest BCUT2D eigenvalue weighted by Crippen LogP contribution is 2.01. The van der Waals surface area contributed by atoms with Crippen LogP contribution >= 0.6 is 0 Å². The summed E-state index contributed by atoms with van der Waals surface area (Å²) in [5, 5.41) is 0. The van der Waals surface area contributed by atoms with Crippen LogP contribution in [-0.2, 0) is 0 Å². The molecule has 1 aromatic carbocycles. The molecule has 0 aliphatic rings. The minimum Gasteiger partial charge on any atom is -0.287 e. The van der Waals surface area contributed by atoms with E-state index in [2.05, 4.69) is 10.9 Å². The number of hydrazine groups is 1. The molecule has 0 saturated heterocycles. The first-order valence-electron chi connectivity index (χ1n) is 4.14. The lowest BCUT2D eigenvalue weighted by Crippen LogP contribution is -2.34. The van der Waals surface area contributed by atoms with Gasteiger partial charge < -0.3 is 0 Å². The second kappa shape index (κ2) is 4.62. The van der Waals surface area contributed by atoms with Crippen molar-refractivity contribution in [2.24, 2.45) is 0 Å². The van der Waals surface area contributed by atoms with Crippen molar-refractivity contribution in [3.63, 3.8) is 0 Å². The summed E-state index contributed by atoms with van der Waals surface area (Å²) in [5.74, 6) is -0.127. The lowest BCUT2D eigenvalue weighted by Gasteiger charge is -2.04. The predicted molar refractivity (Wildman–Crippen MR) is 51.8 cm³/mol. The van der Waals surface area contributed by atoms with Gasteiger partial charge in [0.25, 0.3) is 5.91 Å². The van der Waals surface area contributed by atoms with Crippen LogP contribution in [-0.4, -0.2) is 5.91 Å². The Hall–Kier alpha value is -1.35. The quantitative estimate of drug-likeness (QED) is 0.685. The molecule has 0 spiro atoms. The Labute approximate surface area is 78.1 Å². The minimum absolute atomic E-state index is 0.127. The van der Waals surface area contributed by atoms with Gasteiger partial charge in [-0.3, -0.25) is 10.2 Å². The first kappa shape index (κ1) is 9.74. The third-order valence-corrected chi connectivity index (χ3v) is 1.64. The number of hydrogen-bond acceptors (Lipinski definition) is 2. The van der Waals surface area contributed by atoms with Crippen molar-refractivity contribution in [1.82, 2.24) is 10.9 Å². The second-order valence-electron chi connectivity index (χ2n) is 2.75. The normalized spacial score (nSPS) is 9.69. The minimum atomic E-state index is -0.127. The summed E-state index contributed by atoms with van der Waals surface area (Å²) in [6, 6.07) is 7.40. The van der Waals surface area contributed by atoms with Gasteiger partial charge in [-0.05, 0) is 26.0 Å². The van der Waals surface area contributed by atoms with Crippen LogP contribution in [0.3, 0.4) is 0 Å². The Kier molecular flexibility index (Phi) is 3.46. The molecule has 0 heterocycles. The van der Waals surface area contributed by atoms with Crippen LogP contribution in [0.1, 0.15) is 22.8 Å². The molecular weight excluding hydrogens is 164 g/mol. The van der Waals surface area contributed by atoms with Gasteiger partial charge in [0.05, 0.1) is 0 Å². The van der Waals surface area contributed by atoms with E-state index >= 15 is 0 Å². The van der Waals surface area contributed by atoms with Crippen LogP contribution in [0.4, 0.5) is 0 Å². The van der Waals surface area contributed by atoms with Gasteiger partial charge >= 0.3 is 0 Å². The Morgan fingerprint density at radius 1 is 1.31 bits per heavy atom. The molecule has 3 nitrogen and oxygen atoms in total. The number of carbonyl (C=O) groups is 1. The van der Waals surface area contributed by atoms with E-state index in [-0.39, 0.29) is 5.91 Å². The maximum absolute atomic E-state index is 11.3. The van der Waals surface area contributed by atoms with E-state index in [0.29, 0.717) is 5.56 Å². The molecule has 0 unspecified atom stereocenters. The molecule has 13 heavy (non-hydrogen) atoms. The van der Waals surface area contributed by atoms with Gasteiger partial charge in [0, 0.05) is 12.1 Å². The summed E-state index contributed by atoms with van der Waals surface area (Å²) in [7, 11) is 0. The van der Waals surface area contributed by atoms with Crippen molar-refractivity contribution in [2.45, 2.75) is 13.8 Å². The molecule has 0 bridgehead atoms. The van der Waals surface area contributed by atoms with E-state index in [1.54, 1.807) is 25.6 Å². The van der Waals surface area contributed by atoms with E-state index in [4.69, 9.17) is 0 Å². The van der Waals surface area contributed by atoms with Crippen LogP contribution in [0.15, 0.2) is 24.3 Å². The van der Waals surface area contributed by atoms with Crippen molar-refractivity contribution < 1.29 is 4.79 Å². The SMILES string of the molecule is C[CH]NNC(=O)c1ccc(C)cc1. The Morgan fingerprint density at radius 2 is 1.92 bits per heavy atom. The molecule has 0 aromatic heterocycles. The number of benzene rings is 1. The van der Waals surface area contributed by atoms with E-state index < -0.39 is 0 Å². The van der Waals surface area contributed by atoms with E-state index in [9.17, 15) is 4.79 Å². The van der Waals surface area contributed by atoms with Crippen LogP contribution in [0, 0.1) is 13.5 Å². The fourth-order valence-corrected chi connectivity index (χ4v) is 0.915. The summed E-state index contributed by atoms with van der Waals surface area (Å²) in [4.78, 5) is 11.3. The molecule has 69 valence electrons. The molecule has 1 aromatic rings. The summed E-state index contributed by atoms with van der Waals surface area (Å²) in [5.41, 5.74) is 6.96. The standard InChI is InChI=1S/C10H13N2O/c1-3-11-12-10(13)9-6-4-8(2)5-7-9/h3-7,11H,1-2H3,(H,12,13). The highest BCUT2D eigenvalue weighted by Gasteiger charge is 2.02. The first-order chi connectivity index (χ1) is 6.24. The topological polar surface area (TPSA) is 41.1 Å². The van der Waals surface area contributed by atoms with Crippen molar-refractivity contribution in [3.05, 3.63) is 41.9 Å². The van der Waals surface area contributed by atoms with Crippen LogP contribution in [0.5, 0.6) is 0 Å². The number of amides is 1. The van der Waals surface area contributed by atoms with Crippen LogP contribution in [0.2, 0.25) is 0 Å². The van der Waals surface area contributed by atoms with Crippen molar-refractivity contribution in [1.29, 1.82) is 0 Å². The van der Waals surface area contributed by atoms with E-state index in [0.717, 1.165) is 5.56 Å². The fourth-order valence-electron chi connectivity index (χ4n) is 0.915. The largest absolute Gasteiger partial charge is 0.287 e. The predicted octanol–water partition coefficient (Wildman–Crippen LogP) is 1.41. The first-order valence-corrected chi connectivity index (χ1v) is 4.14. The number of rotatable bonds is 3. The van der Waals surface area contributed by atoms with Crippen molar-refractivity contribution in [2.75, 3.05) is 0 Å². The van der Waals surface area contributed by atoms with Gasteiger partial charge in [-0.1, -0.05) is 17.7 Å². The maximum atomic E-state index is 11.3. The highest BCUT2D eigenvalue weighted by atomic mass is 16.2. The molecule has 1 radical (unpaired) electrons. The number of aryl methyl sites for hydroxylation is 1. The Bertz CT molecular complexity index is 279. The molecular formula is C10H13N2O. The average Bonchev–Trinajstić information content (AvgIpc) is 2.15. The molecule has 1 rings (SSSR count). The Morgan fingerprint density at radius 3 is 2.46 bits per heavy atom. The zero-order valence-corrected chi connectivity index (χ0v) is 7.79. The van der Waals surface area contributed by atoms with Gasteiger partial charge in [-0.25, -0.2) is 5.43 Å². The molecule has 0 aliphatic carbocycles. The molecule has 0 fully saturated rings. The molecule has 3 heteroatoms. The van der Waals surface area contributed by atoms with Gasteiger partial charge in [-0.2, -0.15) is 0 Å². The van der Waals surface area contributed by atoms with Crippen molar-refractivity contribution in [3.8, 4) is 0 Å². The number of nitrogens with one attached hydrogen (secondary N) is 2. The van der Waals surface area contributed by atoms with Gasteiger partial charge in [0.2, 0.25) is 0 Å². The zero-order chi connectivity index (χ0) is 9.68. The number of hydrogen-bond donors (Lipinski definition) is 2. The molecule has 0 aliphatic heterocycles. The average molecular weight is 177 g/mol. The van der Waals surface area contributed by atoms with Gasteiger partial charge in [-0.15, -0.1) is 0 Å². The maximum Gasteiger partial charge on any atom is 0.265 e. The van der Waals surface area contributed by atoms with Crippen LogP contribution < -0.4 is 10.9 Å². The van der Waals surface area contributed by atoms with E-state index in [1.807, 2.05) is 19.1 Å². The lowest BCUT2D eigenvalue weighted by atomic mass is 10.1. The summed E-state index contributed by atoms with van der Waals surface area (Å²) < 4.78 is 0. The lowest BCUT2D eigenvalue weighted by molar-refractivity contribution is 0.0938. The summed E-state index contributed by atoms with van der Waals surface area (Å²) >= 11 is 0. The summed E-state index contributed by atoms with van der Waals surface area (Å²) in [6.45, 7) is 5.45. The third-order valence-electron chi connectivity index (χ3n) is 1.64. The smallest absolute Gasteiger partial charge is 0.265 e. The monoisotopic (exact) mass is 177 g/mol. The Balaban J connectivity index is 2.61.